The molecule has 0 aromatic carbocycles. The third kappa shape index (κ3) is 3.52. The largest absolute Gasteiger partial charge is 0.348 e. The van der Waals surface area contributed by atoms with Crippen LogP contribution in [0, 0.1) is 11.8 Å². The minimum Gasteiger partial charge on any atom is -0.348 e. The summed E-state index contributed by atoms with van der Waals surface area (Å²) in [5.74, 6) is 1.65. The van der Waals surface area contributed by atoms with Gasteiger partial charge in [0.1, 0.15) is 0 Å². The number of hydrogen-bond acceptors (Lipinski definition) is 4. The molecule has 4 nitrogen and oxygen atoms in total. The highest BCUT2D eigenvalue weighted by Crippen LogP contribution is 2.26. The molecule has 112 valence electrons. The van der Waals surface area contributed by atoms with Gasteiger partial charge in [-0.3, -0.25) is 9.69 Å². The van der Waals surface area contributed by atoms with Crippen LogP contribution in [0.2, 0.25) is 0 Å². The summed E-state index contributed by atoms with van der Waals surface area (Å²) in [5, 5.41) is 8.56. The molecule has 2 aliphatic heterocycles. The normalized spacial score (nSPS) is 26.9. The van der Waals surface area contributed by atoms with E-state index < -0.39 is 0 Å². The molecule has 1 amide bonds. The van der Waals surface area contributed by atoms with Crippen LogP contribution in [-0.4, -0.2) is 43.5 Å². The number of thiophene rings is 1. The monoisotopic (exact) mass is 315 g/mol. The average molecular weight is 316 g/mol. The van der Waals surface area contributed by atoms with Gasteiger partial charge in [-0.25, -0.2) is 0 Å². The molecule has 3 atom stereocenters. The lowest BCUT2D eigenvalue weighted by Crippen LogP contribution is -2.38. The van der Waals surface area contributed by atoms with Crippen LogP contribution >= 0.6 is 23.7 Å². The number of carbonyl (C=O) groups excluding carboxylic acids is 1. The van der Waals surface area contributed by atoms with E-state index in [-0.39, 0.29) is 24.4 Å². The molecular weight excluding hydrogens is 294 g/mol. The number of nitrogens with zero attached hydrogens (tertiary/aromatic N) is 1. The standard InChI is InChI=1S/C14H21N3OS.ClH/c1-10(13-3-2-4-19-13)16-14(18)9-17-7-11-5-15-6-12(11)8-17;/h2-4,10-12,15H,5-9H2,1H3,(H,16,18);1H/t10?,11-,12+;. The van der Waals surface area contributed by atoms with Crippen molar-refractivity contribution in [3.63, 3.8) is 0 Å². The van der Waals surface area contributed by atoms with E-state index in [1.54, 1.807) is 11.3 Å². The zero-order valence-electron chi connectivity index (χ0n) is 11.7. The molecule has 0 saturated carbocycles. The molecule has 0 radical (unpaired) electrons. The van der Waals surface area contributed by atoms with Crippen LogP contribution in [0.5, 0.6) is 0 Å². The first-order valence-corrected chi connectivity index (χ1v) is 7.86. The van der Waals surface area contributed by atoms with Gasteiger partial charge in [0.2, 0.25) is 5.91 Å². The average Bonchev–Trinajstić information content (AvgIpc) is 3.03. The topological polar surface area (TPSA) is 44.4 Å². The Hall–Kier alpha value is -0.620. The summed E-state index contributed by atoms with van der Waals surface area (Å²) in [6, 6.07) is 4.22. The van der Waals surface area contributed by atoms with Gasteiger partial charge in [0.25, 0.3) is 0 Å². The summed E-state index contributed by atoms with van der Waals surface area (Å²) >= 11 is 1.69. The minimum absolute atomic E-state index is 0. The van der Waals surface area contributed by atoms with Crippen molar-refractivity contribution < 1.29 is 4.79 Å². The SMILES string of the molecule is CC(NC(=O)CN1C[C@H]2CNC[C@H]2C1)c1cccs1.Cl. The van der Waals surface area contributed by atoms with Gasteiger partial charge in [0.15, 0.2) is 0 Å². The van der Waals surface area contributed by atoms with Gasteiger partial charge < -0.3 is 10.6 Å². The van der Waals surface area contributed by atoms with Crippen molar-refractivity contribution in [2.75, 3.05) is 32.7 Å². The van der Waals surface area contributed by atoms with Crippen LogP contribution in [-0.2, 0) is 4.79 Å². The van der Waals surface area contributed by atoms with Gasteiger partial charge >= 0.3 is 0 Å². The number of nitrogens with one attached hydrogen (secondary N) is 2. The van der Waals surface area contributed by atoms with Crippen molar-refractivity contribution in [2.24, 2.45) is 11.8 Å². The first kappa shape index (κ1) is 15.8. The molecular formula is C14H22ClN3OS. The molecule has 1 aromatic rings. The van der Waals surface area contributed by atoms with Gasteiger partial charge in [-0.1, -0.05) is 6.07 Å². The van der Waals surface area contributed by atoms with Crippen LogP contribution in [0.1, 0.15) is 17.8 Å². The van der Waals surface area contributed by atoms with Crippen LogP contribution in [0.25, 0.3) is 0 Å². The predicted octanol–water partition coefficient (Wildman–Crippen LogP) is 1.50. The number of likely N-dealkylation sites (tertiary alicyclic amines) is 1. The van der Waals surface area contributed by atoms with Gasteiger partial charge in [-0.15, -0.1) is 23.7 Å². The summed E-state index contributed by atoms with van der Waals surface area (Å²) in [7, 11) is 0. The maximum Gasteiger partial charge on any atom is 0.234 e. The number of amides is 1. The van der Waals surface area contributed by atoms with Crippen LogP contribution in [0.15, 0.2) is 17.5 Å². The fraction of sp³-hybridized carbons (Fsp3) is 0.643. The molecule has 2 N–H and O–H groups in total. The van der Waals surface area contributed by atoms with E-state index in [0.29, 0.717) is 6.54 Å². The maximum atomic E-state index is 12.1. The molecule has 1 aromatic heterocycles. The molecule has 0 spiro atoms. The molecule has 6 heteroatoms. The Balaban J connectivity index is 0.00000147. The molecule has 20 heavy (non-hydrogen) atoms. The highest BCUT2D eigenvalue weighted by molar-refractivity contribution is 7.10. The summed E-state index contributed by atoms with van der Waals surface area (Å²) in [6.07, 6.45) is 0. The Kier molecular flexibility index (Phi) is 5.43. The second-order valence-electron chi connectivity index (χ2n) is 5.68. The Morgan fingerprint density at radius 1 is 1.50 bits per heavy atom. The zero-order valence-corrected chi connectivity index (χ0v) is 13.3. The second kappa shape index (κ2) is 6.89. The van der Waals surface area contributed by atoms with E-state index in [2.05, 4.69) is 21.6 Å². The highest BCUT2D eigenvalue weighted by Gasteiger charge is 2.36. The third-order valence-corrected chi connectivity index (χ3v) is 5.23. The van der Waals surface area contributed by atoms with Crippen LogP contribution < -0.4 is 10.6 Å². The molecule has 2 fully saturated rings. The van der Waals surface area contributed by atoms with Crippen LogP contribution in [0.3, 0.4) is 0 Å². The lowest BCUT2D eigenvalue weighted by Gasteiger charge is -2.18. The Morgan fingerprint density at radius 2 is 2.20 bits per heavy atom. The zero-order chi connectivity index (χ0) is 13.2. The number of rotatable bonds is 4. The minimum atomic E-state index is 0. The Labute approximate surface area is 130 Å². The molecule has 3 heterocycles. The van der Waals surface area contributed by atoms with E-state index >= 15 is 0 Å². The molecule has 0 bridgehead atoms. The summed E-state index contributed by atoms with van der Waals surface area (Å²) < 4.78 is 0. The second-order valence-corrected chi connectivity index (χ2v) is 6.66. The van der Waals surface area contributed by atoms with Crippen molar-refractivity contribution in [2.45, 2.75) is 13.0 Å². The first-order chi connectivity index (χ1) is 9.22. The van der Waals surface area contributed by atoms with E-state index in [9.17, 15) is 4.79 Å². The number of hydrogen-bond donors (Lipinski definition) is 2. The van der Waals surface area contributed by atoms with E-state index in [0.717, 1.165) is 38.0 Å². The molecule has 2 aliphatic rings. The molecule has 0 aliphatic carbocycles. The van der Waals surface area contributed by atoms with Gasteiger partial charge in [0.05, 0.1) is 12.6 Å². The van der Waals surface area contributed by atoms with Crippen molar-refractivity contribution in [3.05, 3.63) is 22.4 Å². The fourth-order valence-corrected chi connectivity index (χ4v) is 3.92. The van der Waals surface area contributed by atoms with Crippen molar-refractivity contribution in [3.8, 4) is 0 Å². The molecule has 2 saturated heterocycles. The molecule has 1 unspecified atom stereocenters. The predicted molar refractivity (Wildman–Crippen MR) is 84.4 cm³/mol. The van der Waals surface area contributed by atoms with E-state index in [4.69, 9.17) is 0 Å². The summed E-state index contributed by atoms with van der Waals surface area (Å²) in [6.45, 7) is 6.97. The Bertz CT molecular complexity index is 428. The van der Waals surface area contributed by atoms with Gasteiger partial charge in [-0.2, -0.15) is 0 Å². The van der Waals surface area contributed by atoms with E-state index in [1.165, 1.54) is 4.88 Å². The van der Waals surface area contributed by atoms with Gasteiger partial charge in [-0.05, 0) is 43.3 Å². The smallest absolute Gasteiger partial charge is 0.234 e. The third-order valence-electron chi connectivity index (χ3n) is 4.18. The lowest BCUT2D eigenvalue weighted by atomic mass is 10.0. The number of fused-ring (bicyclic) bond motifs is 1. The van der Waals surface area contributed by atoms with Gasteiger partial charge in [0, 0.05) is 18.0 Å². The van der Waals surface area contributed by atoms with Crippen molar-refractivity contribution in [1.82, 2.24) is 15.5 Å². The summed E-state index contributed by atoms with van der Waals surface area (Å²) in [5.41, 5.74) is 0. The van der Waals surface area contributed by atoms with Crippen molar-refractivity contribution in [1.29, 1.82) is 0 Å². The Morgan fingerprint density at radius 3 is 2.80 bits per heavy atom. The van der Waals surface area contributed by atoms with Crippen LogP contribution in [0.4, 0.5) is 0 Å². The lowest BCUT2D eigenvalue weighted by molar-refractivity contribution is -0.122. The number of carbonyl (C=O) groups is 1. The molecule has 3 rings (SSSR count). The first-order valence-electron chi connectivity index (χ1n) is 6.98. The maximum absolute atomic E-state index is 12.1. The summed E-state index contributed by atoms with van der Waals surface area (Å²) in [4.78, 5) is 15.6. The van der Waals surface area contributed by atoms with Crippen molar-refractivity contribution >= 4 is 29.7 Å². The van der Waals surface area contributed by atoms with E-state index in [1.807, 2.05) is 18.4 Å². The quantitative estimate of drug-likeness (QED) is 0.885. The highest BCUT2D eigenvalue weighted by atomic mass is 35.5. The fourth-order valence-electron chi connectivity index (χ4n) is 3.18. The number of halogens is 1.